The number of rotatable bonds is 6. The Morgan fingerprint density at radius 3 is 2.50 bits per heavy atom. The van der Waals surface area contributed by atoms with Crippen LogP contribution in [0.5, 0.6) is 5.75 Å². The van der Waals surface area contributed by atoms with Gasteiger partial charge in [-0.25, -0.2) is 13.8 Å². The standard InChI is InChI=1S/C18H21F2N3O/c1-3-21-18(22-11-13-4-7-16(24-2)8-5-13)23-12-14-10-15(19)6-9-17(14)20/h4-10H,3,11-12H2,1-2H3,(H2,21,22,23). The highest BCUT2D eigenvalue weighted by atomic mass is 19.1. The second-order valence-corrected chi connectivity index (χ2v) is 5.13. The van der Waals surface area contributed by atoms with Crippen LogP contribution < -0.4 is 15.4 Å². The molecular weight excluding hydrogens is 312 g/mol. The Balaban J connectivity index is 2.00. The van der Waals surface area contributed by atoms with Crippen LogP contribution >= 0.6 is 0 Å². The van der Waals surface area contributed by atoms with Crippen LogP contribution in [0.4, 0.5) is 8.78 Å². The molecule has 2 N–H and O–H groups in total. The van der Waals surface area contributed by atoms with E-state index in [-0.39, 0.29) is 12.1 Å². The van der Waals surface area contributed by atoms with Crippen LogP contribution in [0.1, 0.15) is 18.1 Å². The largest absolute Gasteiger partial charge is 0.497 e. The number of nitrogens with one attached hydrogen (secondary N) is 2. The molecule has 128 valence electrons. The van der Waals surface area contributed by atoms with E-state index in [1.54, 1.807) is 7.11 Å². The van der Waals surface area contributed by atoms with E-state index in [0.717, 1.165) is 23.4 Å². The summed E-state index contributed by atoms with van der Waals surface area (Å²) >= 11 is 0. The number of hydrogen-bond donors (Lipinski definition) is 2. The first-order chi connectivity index (χ1) is 11.6. The lowest BCUT2D eigenvalue weighted by Crippen LogP contribution is -2.37. The Hall–Kier alpha value is -2.63. The minimum Gasteiger partial charge on any atom is -0.497 e. The zero-order valence-electron chi connectivity index (χ0n) is 13.8. The summed E-state index contributed by atoms with van der Waals surface area (Å²) in [5.41, 5.74) is 1.27. The van der Waals surface area contributed by atoms with E-state index in [2.05, 4.69) is 15.6 Å². The van der Waals surface area contributed by atoms with Crippen molar-refractivity contribution in [2.75, 3.05) is 13.7 Å². The van der Waals surface area contributed by atoms with E-state index in [1.165, 1.54) is 6.07 Å². The molecule has 0 radical (unpaired) electrons. The highest BCUT2D eigenvalue weighted by Gasteiger charge is 2.05. The van der Waals surface area contributed by atoms with Gasteiger partial charge in [0.2, 0.25) is 0 Å². The van der Waals surface area contributed by atoms with Gasteiger partial charge in [0.1, 0.15) is 17.4 Å². The van der Waals surface area contributed by atoms with Gasteiger partial charge in [-0.15, -0.1) is 0 Å². The van der Waals surface area contributed by atoms with Crippen molar-refractivity contribution in [2.45, 2.75) is 20.0 Å². The highest BCUT2D eigenvalue weighted by Crippen LogP contribution is 2.12. The summed E-state index contributed by atoms with van der Waals surface area (Å²) in [6.45, 7) is 3.22. The van der Waals surface area contributed by atoms with Gasteiger partial charge in [0.25, 0.3) is 0 Å². The molecular formula is C18H21F2N3O. The fourth-order valence-electron chi connectivity index (χ4n) is 2.10. The fourth-order valence-corrected chi connectivity index (χ4v) is 2.10. The summed E-state index contributed by atoms with van der Waals surface area (Å²) in [6, 6.07) is 11.0. The predicted molar refractivity (Wildman–Crippen MR) is 91.0 cm³/mol. The molecule has 4 nitrogen and oxygen atoms in total. The lowest BCUT2D eigenvalue weighted by Gasteiger charge is -2.12. The Labute approximate surface area is 140 Å². The van der Waals surface area contributed by atoms with Gasteiger partial charge < -0.3 is 15.4 Å². The molecule has 0 aromatic heterocycles. The first-order valence-corrected chi connectivity index (χ1v) is 7.71. The molecule has 0 aliphatic rings. The van der Waals surface area contributed by atoms with Gasteiger partial charge in [-0.2, -0.15) is 0 Å². The van der Waals surface area contributed by atoms with Crippen molar-refractivity contribution >= 4 is 5.96 Å². The van der Waals surface area contributed by atoms with Crippen molar-refractivity contribution in [1.82, 2.24) is 10.6 Å². The van der Waals surface area contributed by atoms with Crippen molar-refractivity contribution < 1.29 is 13.5 Å². The van der Waals surface area contributed by atoms with E-state index < -0.39 is 11.6 Å². The predicted octanol–water partition coefficient (Wildman–Crippen LogP) is 3.23. The number of guanidine groups is 1. The molecule has 2 rings (SSSR count). The molecule has 0 spiro atoms. The number of ether oxygens (including phenoxy) is 1. The van der Waals surface area contributed by atoms with Crippen molar-refractivity contribution in [1.29, 1.82) is 0 Å². The first kappa shape index (κ1) is 17.7. The number of methoxy groups -OCH3 is 1. The smallest absolute Gasteiger partial charge is 0.191 e. The summed E-state index contributed by atoms with van der Waals surface area (Å²) in [4.78, 5) is 4.44. The SMILES string of the molecule is CCNC(=NCc1ccc(OC)cc1)NCc1cc(F)ccc1F. The summed E-state index contributed by atoms with van der Waals surface area (Å²) in [6.07, 6.45) is 0. The average Bonchev–Trinajstić information content (AvgIpc) is 2.60. The van der Waals surface area contributed by atoms with Gasteiger partial charge in [0.15, 0.2) is 5.96 Å². The third-order valence-corrected chi connectivity index (χ3v) is 3.38. The zero-order chi connectivity index (χ0) is 17.4. The number of aliphatic imine (C=N–C) groups is 1. The van der Waals surface area contributed by atoms with Crippen LogP contribution in [0.15, 0.2) is 47.5 Å². The van der Waals surface area contributed by atoms with Crippen LogP contribution in [0.25, 0.3) is 0 Å². The number of nitrogens with zero attached hydrogens (tertiary/aromatic N) is 1. The molecule has 0 fully saturated rings. The molecule has 2 aromatic carbocycles. The Morgan fingerprint density at radius 2 is 1.83 bits per heavy atom. The zero-order valence-corrected chi connectivity index (χ0v) is 13.8. The molecule has 0 aliphatic heterocycles. The van der Waals surface area contributed by atoms with Gasteiger partial charge in [0, 0.05) is 18.7 Å². The van der Waals surface area contributed by atoms with Crippen LogP contribution in [0.2, 0.25) is 0 Å². The average molecular weight is 333 g/mol. The molecule has 0 aliphatic carbocycles. The van der Waals surface area contributed by atoms with E-state index in [4.69, 9.17) is 4.74 Å². The Bertz CT molecular complexity index is 687. The minimum absolute atomic E-state index is 0.151. The summed E-state index contributed by atoms with van der Waals surface area (Å²) in [7, 11) is 1.62. The topological polar surface area (TPSA) is 45.7 Å². The van der Waals surface area contributed by atoms with E-state index in [0.29, 0.717) is 19.0 Å². The monoisotopic (exact) mass is 333 g/mol. The second kappa shape index (κ2) is 8.86. The molecule has 0 atom stereocenters. The van der Waals surface area contributed by atoms with Crippen molar-refractivity contribution in [3.05, 3.63) is 65.2 Å². The van der Waals surface area contributed by atoms with Gasteiger partial charge in [-0.1, -0.05) is 12.1 Å². The first-order valence-electron chi connectivity index (χ1n) is 7.71. The Morgan fingerprint density at radius 1 is 1.08 bits per heavy atom. The summed E-state index contributed by atoms with van der Waals surface area (Å²) in [5, 5.41) is 6.08. The second-order valence-electron chi connectivity index (χ2n) is 5.13. The molecule has 24 heavy (non-hydrogen) atoms. The molecule has 0 unspecified atom stereocenters. The van der Waals surface area contributed by atoms with Crippen LogP contribution in [-0.4, -0.2) is 19.6 Å². The molecule has 6 heteroatoms. The lowest BCUT2D eigenvalue weighted by molar-refractivity contribution is 0.414. The summed E-state index contributed by atoms with van der Waals surface area (Å²) < 4.78 is 32.0. The van der Waals surface area contributed by atoms with Gasteiger partial charge in [0.05, 0.1) is 13.7 Å². The Kier molecular flexibility index (Phi) is 6.54. The van der Waals surface area contributed by atoms with E-state index in [1.807, 2.05) is 31.2 Å². The maximum atomic E-state index is 13.6. The van der Waals surface area contributed by atoms with Crippen molar-refractivity contribution in [2.24, 2.45) is 4.99 Å². The number of halogens is 2. The normalized spacial score (nSPS) is 11.2. The van der Waals surface area contributed by atoms with E-state index >= 15 is 0 Å². The van der Waals surface area contributed by atoms with Crippen LogP contribution in [0.3, 0.4) is 0 Å². The molecule has 0 amide bonds. The third kappa shape index (κ3) is 5.22. The number of benzene rings is 2. The van der Waals surface area contributed by atoms with Crippen LogP contribution in [0, 0.1) is 11.6 Å². The molecule has 0 bridgehead atoms. The van der Waals surface area contributed by atoms with Crippen molar-refractivity contribution in [3.63, 3.8) is 0 Å². The molecule has 0 saturated carbocycles. The molecule has 2 aromatic rings. The molecule has 0 heterocycles. The van der Waals surface area contributed by atoms with Gasteiger partial charge in [-0.05, 0) is 42.8 Å². The van der Waals surface area contributed by atoms with Gasteiger partial charge >= 0.3 is 0 Å². The third-order valence-electron chi connectivity index (χ3n) is 3.38. The molecule has 0 saturated heterocycles. The highest BCUT2D eigenvalue weighted by molar-refractivity contribution is 5.79. The maximum absolute atomic E-state index is 13.6. The minimum atomic E-state index is -0.464. The van der Waals surface area contributed by atoms with Gasteiger partial charge in [-0.3, -0.25) is 0 Å². The van der Waals surface area contributed by atoms with Crippen LogP contribution in [-0.2, 0) is 13.1 Å². The maximum Gasteiger partial charge on any atom is 0.191 e. The summed E-state index contributed by atoms with van der Waals surface area (Å²) in [5.74, 6) is 0.412. The lowest BCUT2D eigenvalue weighted by atomic mass is 10.2. The van der Waals surface area contributed by atoms with E-state index in [9.17, 15) is 8.78 Å². The quantitative estimate of drug-likeness (QED) is 0.630. The number of hydrogen-bond acceptors (Lipinski definition) is 2. The van der Waals surface area contributed by atoms with Crippen molar-refractivity contribution in [3.8, 4) is 5.75 Å². The fraction of sp³-hybridized carbons (Fsp3) is 0.278.